The van der Waals surface area contributed by atoms with Crippen LogP contribution in [0.5, 0.6) is 0 Å². The molecule has 2 aromatic rings. The Kier molecular flexibility index (Phi) is 5.06. The van der Waals surface area contributed by atoms with Gasteiger partial charge in [0.2, 0.25) is 5.95 Å². The van der Waals surface area contributed by atoms with Gasteiger partial charge in [0.25, 0.3) is 0 Å². The van der Waals surface area contributed by atoms with Crippen molar-refractivity contribution in [3.05, 3.63) is 46.2 Å². The van der Waals surface area contributed by atoms with Crippen molar-refractivity contribution in [3.8, 4) is 0 Å². The van der Waals surface area contributed by atoms with Crippen LogP contribution >= 0.6 is 23.2 Å². The maximum atomic E-state index is 12.5. The number of nitrogens with zero attached hydrogens (tertiary/aromatic N) is 3. The fourth-order valence-electron chi connectivity index (χ4n) is 2.80. The standard InChI is InChI=1S/C16H17Cl2N5O/c17-11-3-4-14(12(18)8-11)22-16(24)23-7-1-2-10(9-23)13-5-6-20-15(19)21-13/h3-6,8,10H,1-2,7,9H2,(H,22,24)(H2,19,20,21)/t10-/m1/s1. The van der Waals surface area contributed by atoms with E-state index in [4.69, 9.17) is 28.9 Å². The van der Waals surface area contributed by atoms with E-state index in [1.165, 1.54) is 0 Å². The third-order valence-corrected chi connectivity index (χ3v) is 4.54. The lowest BCUT2D eigenvalue weighted by atomic mass is 9.95. The highest BCUT2D eigenvalue weighted by Gasteiger charge is 2.26. The maximum Gasteiger partial charge on any atom is 0.321 e. The summed E-state index contributed by atoms with van der Waals surface area (Å²) in [7, 11) is 0. The highest BCUT2D eigenvalue weighted by Crippen LogP contribution is 2.28. The van der Waals surface area contributed by atoms with E-state index in [1.807, 2.05) is 6.07 Å². The molecule has 1 aliphatic heterocycles. The molecular weight excluding hydrogens is 349 g/mol. The summed E-state index contributed by atoms with van der Waals surface area (Å²) in [4.78, 5) is 22.5. The summed E-state index contributed by atoms with van der Waals surface area (Å²) in [6, 6.07) is 6.63. The normalized spacial score (nSPS) is 17.6. The van der Waals surface area contributed by atoms with Gasteiger partial charge in [-0.2, -0.15) is 0 Å². The zero-order valence-electron chi connectivity index (χ0n) is 12.9. The highest BCUT2D eigenvalue weighted by atomic mass is 35.5. The molecule has 6 nitrogen and oxygen atoms in total. The van der Waals surface area contributed by atoms with Crippen LogP contribution < -0.4 is 11.1 Å². The number of benzene rings is 1. The molecule has 1 saturated heterocycles. The van der Waals surface area contributed by atoms with Crippen LogP contribution in [0.2, 0.25) is 10.0 Å². The Morgan fingerprint density at radius 1 is 1.33 bits per heavy atom. The van der Waals surface area contributed by atoms with Crippen LogP contribution in [-0.4, -0.2) is 34.0 Å². The van der Waals surface area contributed by atoms with E-state index >= 15 is 0 Å². The SMILES string of the molecule is Nc1nccc([C@@H]2CCCN(C(=O)Nc3ccc(Cl)cc3Cl)C2)n1. The number of anilines is 2. The van der Waals surface area contributed by atoms with Crippen molar-refractivity contribution in [1.82, 2.24) is 14.9 Å². The Morgan fingerprint density at radius 2 is 2.17 bits per heavy atom. The van der Waals surface area contributed by atoms with Crippen molar-refractivity contribution in [3.63, 3.8) is 0 Å². The maximum absolute atomic E-state index is 12.5. The number of rotatable bonds is 2. The van der Waals surface area contributed by atoms with Gasteiger partial charge in [-0.1, -0.05) is 23.2 Å². The minimum atomic E-state index is -0.189. The zero-order chi connectivity index (χ0) is 17.1. The summed E-state index contributed by atoms with van der Waals surface area (Å²) >= 11 is 12.0. The van der Waals surface area contributed by atoms with Crippen molar-refractivity contribution in [2.24, 2.45) is 0 Å². The number of aromatic nitrogens is 2. The van der Waals surface area contributed by atoms with E-state index in [9.17, 15) is 4.79 Å². The van der Waals surface area contributed by atoms with Crippen molar-refractivity contribution in [2.75, 3.05) is 24.1 Å². The smallest absolute Gasteiger partial charge is 0.321 e. The largest absolute Gasteiger partial charge is 0.368 e. The second kappa shape index (κ2) is 7.23. The van der Waals surface area contributed by atoms with E-state index in [-0.39, 0.29) is 17.9 Å². The number of carbonyl (C=O) groups excluding carboxylic acids is 1. The number of amides is 2. The van der Waals surface area contributed by atoms with Gasteiger partial charge in [-0.15, -0.1) is 0 Å². The predicted molar refractivity (Wildman–Crippen MR) is 95.5 cm³/mol. The first kappa shape index (κ1) is 16.8. The number of urea groups is 1. The monoisotopic (exact) mass is 365 g/mol. The fourth-order valence-corrected chi connectivity index (χ4v) is 3.26. The molecule has 24 heavy (non-hydrogen) atoms. The van der Waals surface area contributed by atoms with Gasteiger partial charge in [-0.3, -0.25) is 0 Å². The topological polar surface area (TPSA) is 84.1 Å². The summed E-state index contributed by atoms with van der Waals surface area (Å²) in [6.07, 6.45) is 3.50. The first-order chi connectivity index (χ1) is 11.5. The zero-order valence-corrected chi connectivity index (χ0v) is 14.4. The van der Waals surface area contributed by atoms with Crippen LogP contribution in [-0.2, 0) is 0 Å². The van der Waals surface area contributed by atoms with Gasteiger partial charge in [0.15, 0.2) is 0 Å². The molecule has 3 N–H and O–H groups in total. The van der Waals surface area contributed by atoms with E-state index in [1.54, 1.807) is 29.3 Å². The number of likely N-dealkylation sites (tertiary alicyclic amines) is 1. The number of hydrogen-bond acceptors (Lipinski definition) is 4. The average molecular weight is 366 g/mol. The molecule has 1 aromatic carbocycles. The Balaban J connectivity index is 1.69. The molecular formula is C16H17Cl2N5O. The molecule has 3 rings (SSSR count). The summed E-state index contributed by atoms with van der Waals surface area (Å²) in [5.41, 5.74) is 7.06. The van der Waals surface area contributed by atoms with Gasteiger partial charge in [-0.05, 0) is 37.1 Å². The molecule has 1 aromatic heterocycles. The molecule has 0 saturated carbocycles. The number of hydrogen-bond donors (Lipinski definition) is 2. The average Bonchev–Trinajstić information content (AvgIpc) is 2.57. The summed E-state index contributed by atoms with van der Waals surface area (Å²) in [5, 5.41) is 3.77. The molecule has 1 fully saturated rings. The van der Waals surface area contributed by atoms with E-state index in [0.29, 0.717) is 28.8 Å². The van der Waals surface area contributed by atoms with Gasteiger partial charge in [-0.25, -0.2) is 14.8 Å². The molecule has 2 heterocycles. The van der Waals surface area contributed by atoms with E-state index in [0.717, 1.165) is 18.5 Å². The van der Waals surface area contributed by atoms with Crippen LogP contribution in [0.3, 0.4) is 0 Å². The van der Waals surface area contributed by atoms with Crippen molar-refractivity contribution < 1.29 is 4.79 Å². The Hall–Kier alpha value is -2.05. The minimum absolute atomic E-state index is 0.149. The van der Waals surface area contributed by atoms with Gasteiger partial charge in [0.05, 0.1) is 16.4 Å². The Bertz CT molecular complexity index is 755. The summed E-state index contributed by atoms with van der Waals surface area (Å²) in [6.45, 7) is 1.27. The molecule has 126 valence electrons. The van der Waals surface area contributed by atoms with Crippen LogP contribution in [0, 0.1) is 0 Å². The molecule has 0 unspecified atom stereocenters. The van der Waals surface area contributed by atoms with Gasteiger partial charge >= 0.3 is 6.03 Å². The first-order valence-electron chi connectivity index (χ1n) is 7.62. The molecule has 2 amide bonds. The number of nitrogens with one attached hydrogen (secondary N) is 1. The van der Waals surface area contributed by atoms with Crippen molar-refractivity contribution in [1.29, 1.82) is 0 Å². The minimum Gasteiger partial charge on any atom is -0.368 e. The summed E-state index contributed by atoms with van der Waals surface area (Å²) in [5.74, 6) is 0.400. The number of nitrogen functional groups attached to an aromatic ring is 1. The third-order valence-electron chi connectivity index (χ3n) is 4.00. The second-order valence-corrected chi connectivity index (χ2v) is 6.52. The second-order valence-electron chi connectivity index (χ2n) is 5.68. The lowest BCUT2D eigenvalue weighted by Crippen LogP contribution is -2.41. The highest BCUT2D eigenvalue weighted by molar-refractivity contribution is 6.36. The molecule has 1 atom stereocenters. The van der Waals surface area contributed by atoms with Gasteiger partial charge in [0, 0.05) is 30.2 Å². The number of carbonyl (C=O) groups is 1. The fraction of sp³-hybridized carbons (Fsp3) is 0.312. The van der Waals surface area contributed by atoms with Crippen molar-refractivity contribution in [2.45, 2.75) is 18.8 Å². The van der Waals surface area contributed by atoms with E-state index < -0.39 is 0 Å². The summed E-state index contributed by atoms with van der Waals surface area (Å²) < 4.78 is 0. The number of piperidine rings is 1. The molecule has 8 heteroatoms. The van der Waals surface area contributed by atoms with Gasteiger partial charge < -0.3 is 16.0 Å². The van der Waals surface area contributed by atoms with Crippen LogP contribution in [0.25, 0.3) is 0 Å². The number of halogens is 2. The van der Waals surface area contributed by atoms with Crippen LogP contribution in [0.4, 0.5) is 16.4 Å². The van der Waals surface area contributed by atoms with Crippen LogP contribution in [0.1, 0.15) is 24.5 Å². The quantitative estimate of drug-likeness (QED) is 0.847. The molecule has 0 spiro atoms. The lowest BCUT2D eigenvalue weighted by molar-refractivity contribution is 0.192. The van der Waals surface area contributed by atoms with Crippen molar-refractivity contribution >= 4 is 40.9 Å². The molecule has 0 bridgehead atoms. The van der Waals surface area contributed by atoms with Crippen LogP contribution in [0.15, 0.2) is 30.5 Å². The molecule has 0 radical (unpaired) electrons. The lowest BCUT2D eigenvalue weighted by Gasteiger charge is -2.32. The molecule has 1 aliphatic rings. The first-order valence-corrected chi connectivity index (χ1v) is 8.38. The predicted octanol–water partition coefficient (Wildman–Crippen LogP) is 3.78. The third kappa shape index (κ3) is 3.88. The number of nitrogens with two attached hydrogens (primary N) is 1. The van der Waals surface area contributed by atoms with E-state index in [2.05, 4.69) is 15.3 Å². The Labute approximate surface area is 150 Å². The molecule has 0 aliphatic carbocycles. The Morgan fingerprint density at radius 3 is 2.92 bits per heavy atom. The van der Waals surface area contributed by atoms with Gasteiger partial charge in [0.1, 0.15) is 0 Å².